The highest BCUT2D eigenvalue weighted by molar-refractivity contribution is 7.18. The summed E-state index contributed by atoms with van der Waals surface area (Å²) in [4.78, 5) is 30.8. The Morgan fingerprint density at radius 3 is 2.59 bits per heavy atom. The molecule has 0 radical (unpaired) electrons. The van der Waals surface area contributed by atoms with Gasteiger partial charge in [0, 0.05) is 24.3 Å². The molecule has 0 atom stereocenters. The summed E-state index contributed by atoms with van der Waals surface area (Å²) in [6, 6.07) is 14.9. The topological polar surface area (TPSA) is 74.3 Å². The molecule has 0 saturated carbocycles. The van der Waals surface area contributed by atoms with Gasteiger partial charge in [0.2, 0.25) is 0 Å². The molecule has 3 amide bonds. The fourth-order valence-corrected chi connectivity index (χ4v) is 4.08. The number of rotatable bonds is 4. The van der Waals surface area contributed by atoms with Gasteiger partial charge in [-0.15, -0.1) is 11.3 Å². The van der Waals surface area contributed by atoms with Crippen molar-refractivity contribution < 1.29 is 9.59 Å². The first-order chi connectivity index (χ1) is 12.9. The summed E-state index contributed by atoms with van der Waals surface area (Å²) < 4.78 is 1.10. The van der Waals surface area contributed by atoms with Crippen molar-refractivity contribution in [3.05, 3.63) is 59.1 Å². The summed E-state index contributed by atoms with van der Waals surface area (Å²) in [7, 11) is 0. The third-order valence-corrected chi connectivity index (χ3v) is 5.91. The van der Waals surface area contributed by atoms with Gasteiger partial charge in [0.25, 0.3) is 5.91 Å². The molecular formula is C20H20N4O2S. The Labute approximate surface area is 161 Å². The van der Waals surface area contributed by atoms with Crippen molar-refractivity contribution in [2.45, 2.75) is 19.4 Å². The van der Waals surface area contributed by atoms with Crippen LogP contribution in [-0.2, 0) is 5.54 Å². The van der Waals surface area contributed by atoms with E-state index in [1.54, 1.807) is 40.5 Å². The van der Waals surface area contributed by atoms with E-state index in [0.717, 1.165) is 20.9 Å². The first-order valence-corrected chi connectivity index (χ1v) is 9.60. The van der Waals surface area contributed by atoms with Gasteiger partial charge in [0.1, 0.15) is 5.01 Å². The van der Waals surface area contributed by atoms with Gasteiger partial charge in [-0.2, -0.15) is 0 Å². The van der Waals surface area contributed by atoms with Crippen LogP contribution in [-0.4, -0.2) is 30.0 Å². The quantitative estimate of drug-likeness (QED) is 0.728. The standard InChI is InChI=1S/C20H20N4O2S/c1-20(2,18-22-15-5-3-4-6-16(15)27-18)23-17(25)13-7-9-14(10-8-13)24-12-11-21-19(24)26/h3-10H,11-12H2,1-2H3,(H,21,26)(H,23,25). The molecule has 1 saturated heterocycles. The van der Waals surface area contributed by atoms with Crippen molar-refractivity contribution in [3.8, 4) is 0 Å². The molecule has 1 aromatic heterocycles. The van der Waals surface area contributed by atoms with Gasteiger partial charge in [0.05, 0.1) is 15.8 Å². The average Bonchev–Trinajstić information content (AvgIpc) is 3.28. The average molecular weight is 380 g/mol. The second-order valence-electron chi connectivity index (χ2n) is 7.00. The first-order valence-electron chi connectivity index (χ1n) is 8.78. The Bertz CT molecular complexity index is 977. The van der Waals surface area contributed by atoms with E-state index in [-0.39, 0.29) is 11.9 Å². The number of benzene rings is 2. The van der Waals surface area contributed by atoms with Gasteiger partial charge in [-0.25, -0.2) is 9.78 Å². The Balaban J connectivity index is 1.51. The number of nitrogens with one attached hydrogen (secondary N) is 2. The lowest BCUT2D eigenvalue weighted by molar-refractivity contribution is 0.0912. The molecule has 2 aromatic carbocycles. The minimum absolute atomic E-state index is 0.107. The van der Waals surface area contributed by atoms with Crippen LogP contribution in [0, 0.1) is 0 Å². The van der Waals surface area contributed by atoms with Crippen LogP contribution in [0.3, 0.4) is 0 Å². The number of nitrogens with zero attached hydrogens (tertiary/aromatic N) is 2. The van der Waals surface area contributed by atoms with E-state index in [1.165, 1.54) is 0 Å². The van der Waals surface area contributed by atoms with Gasteiger partial charge in [-0.05, 0) is 50.2 Å². The molecule has 0 bridgehead atoms. The zero-order valence-corrected chi connectivity index (χ0v) is 16.0. The van der Waals surface area contributed by atoms with E-state index >= 15 is 0 Å². The summed E-state index contributed by atoms with van der Waals surface area (Å²) in [5.41, 5.74) is 1.68. The van der Waals surface area contributed by atoms with Crippen LogP contribution in [0.2, 0.25) is 0 Å². The van der Waals surface area contributed by atoms with Crippen molar-refractivity contribution in [3.63, 3.8) is 0 Å². The Morgan fingerprint density at radius 1 is 1.19 bits per heavy atom. The SMILES string of the molecule is CC(C)(NC(=O)c1ccc(N2CCNC2=O)cc1)c1nc2ccccc2s1. The molecular weight excluding hydrogens is 360 g/mol. The van der Waals surface area contributed by atoms with E-state index in [0.29, 0.717) is 18.7 Å². The van der Waals surface area contributed by atoms with Crippen LogP contribution in [0.4, 0.5) is 10.5 Å². The molecule has 2 heterocycles. The molecule has 6 nitrogen and oxygen atoms in total. The molecule has 0 unspecified atom stereocenters. The van der Waals surface area contributed by atoms with E-state index < -0.39 is 5.54 Å². The van der Waals surface area contributed by atoms with Gasteiger partial charge >= 0.3 is 6.03 Å². The molecule has 138 valence electrons. The Kier molecular flexibility index (Phi) is 4.31. The van der Waals surface area contributed by atoms with Crippen molar-refractivity contribution in [1.82, 2.24) is 15.6 Å². The van der Waals surface area contributed by atoms with Crippen LogP contribution in [0.25, 0.3) is 10.2 Å². The number of carbonyl (C=O) groups excluding carboxylic acids is 2. The summed E-state index contributed by atoms with van der Waals surface area (Å²) in [6.07, 6.45) is 0. The van der Waals surface area contributed by atoms with Crippen LogP contribution >= 0.6 is 11.3 Å². The predicted molar refractivity (Wildman–Crippen MR) is 107 cm³/mol. The molecule has 1 aliphatic heterocycles. The molecule has 7 heteroatoms. The molecule has 1 aliphatic rings. The summed E-state index contributed by atoms with van der Waals surface area (Å²) in [6.45, 7) is 5.17. The number of amides is 3. The summed E-state index contributed by atoms with van der Waals surface area (Å²) in [5, 5.41) is 6.69. The molecule has 4 rings (SSSR count). The number of fused-ring (bicyclic) bond motifs is 1. The maximum absolute atomic E-state index is 12.7. The van der Waals surface area contributed by atoms with Crippen molar-refractivity contribution in [2.75, 3.05) is 18.0 Å². The molecule has 27 heavy (non-hydrogen) atoms. The summed E-state index contributed by atoms with van der Waals surface area (Å²) >= 11 is 1.58. The highest BCUT2D eigenvalue weighted by atomic mass is 32.1. The van der Waals surface area contributed by atoms with Crippen LogP contribution in [0.15, 0.2) is 48.5 Å². The third kappa shape index (κ3) is 3.38. The maximum Gasteiger partial charge on any atom is 0.321 e. The van der Waals surface area contributed by atoms with E-state index in [1.807, 2.05) is 38.1 Å². The van der Waals surface area contributed by atoms with Crippen molar-refractivity contribution >= 4 is 39.2 Å². The van der Waals surface area contributed by atoms with Crippen molar-refractivity contribution in [2.24, 2.45) is 0 Å². The number of carbonyl (C=O) groups is 2. The van der Waals surface area contributed by atoms with Crippen LogP contribution < -0.4 is 15.5 Å². The minimum Gasteiger partial charge on any atom is -0.341 e. The maximum atomic E-state index is 12.7. The third-order valence-electron chi connectivity index (χ3n) is 4.55. The lowest BCUT2D eigenvalue weighted by Gasteiger charge is -2.24. The minimum atomic E-state index is -0.589. The zero-order chi connectivity index (χ0) is 19.0. The lowest BCUT2D eigenvalue weighted by Crippen LogP contribution is -2.40. The molecule has 3 aromatic rings. The van der Waals surface area contributed by atoms with E-state index in [4.69, 9.17) is 0 Å². The second-order valence-corrected chi connectivity index (χ2v) is 8.03. The van der Waals surface area contributed by atoms with Gasteiger partial charge < -0.3 is 10.6 Å². The monoisotopic (exact) mass is 380 g/mol. The van der Waals surface area contributed by atoms with Crippen LogP contribution in [0.5, 0.6) is 0 Å². The Morgan fingerprint density at radius 2 is 1.93 bits per heavy atom. The molecule has 0 spiro atoms. The van der Waals surface area contributed by atoms with Crippen LogP contribution in [0.1, 0.15) is 29.2 Å². The number of hydrogen-bond acceptors (Lipinski definition) is 4. The van der Waals surface area contributed by atoms with Crippen molar-refractivity contribution in [1.29, 1.82) is 0 Å². The number of urea groups is 1. The largest absolute Gasteiger partial charge is 0.341 e. The molecule has 0 aliphatic carbocycles. The number of para-hydroxylation sites is 1. The van der Waals surface area contributed by atoms with Gasteiger partial charge in [-0.1, -0.05) is 12.1 Å². The zero-order valence-electron chi connectivity index (χ0n) is 15.2. The number of hydrogen-bond donors (Lipinski definition) is 2. The number of aromatic nitrogens is 1. The Hall–Kier alpha value is -2.93. The van der Waals surface area contributed by atoms with E-state index in [9.17, 15) is 9.59 Å². The second kappa shape index (κ2) is 6.66. The predicted octanol–water partition coefficient (Wildman–Crippen LogP) is 3.49. The fourth-order valence-electron chi connectivity index (χ4n) is 3.06. The highest BCUT2D eigenvalue weighted by Crippen LogP contribution is 2.30. The molecule has 1 fully saturated rings. The lowest BCUT2D eigenvalue weighted by atomic mass is 10.1. The first kappa shape index (κ1) is 17.5. The number of thiazole rings is 1. The highest BCUT2D eigenvalue weighted by Gasteiger charge is 2.27. The summed E-state index contributed by atoms with van der Waals surface area (Å²) in [5.74, 6) is -0.170. The fraction of sp³-hybridized carbons (Fsp3) is 0.250. The smallest absolute Gasteiger partial charge is 0.321 e. The normalized spacial score (nSPS) is 14.4. The number of anilines is 1. The van der Waals surface area contributed by atoms with Gasteiger partial charge in [0.15, 0.2) is 0 Å². The van der Waals surface area contributed by atoms with E-state index in [2.05, 4.69) is 15.6 Å². The van der Waals surface area contributed by atoms with Gasteiger partial charge in [-0.3, -0.25) is 9.69 Å². The molecule has 2 N–H and O–H groups in total.